The van der Waals surface area contributed by atoms with Gasteiger partial charge in [0.2, 0.25) is 0 Å². The van der Waals surface area contributed by atoms with Crippen LogP contribution in [0.3, 0.4) is 0 Å². The Morgan fingerprint density at radius 3 is 3.00 bits per heavy atom. The van der Waals surface area contributed by atoms with Gasteiger partial charge in [-0.1, -0.05) is 6.07 Å². The van der Waals surface area contributed by atoms with Crippen LogP contribution in [0, 0.1) is 6.92 Å². The van der Waals surface area contributed by atoms with Crippen molar-refractivity contribution in [2.24, 2.45) is 0 Å². The number of carbonyl (C=O) groups is 1. The molecular weight excluding hydrogens is 328 g/mol. The molecule has 0 N–H and O–H groups in total. The third kappa shape index (κ3) is 3.61. The SMILES string of the molecule is Cc1cccc(CN2CC[C@H]3OCCN(C(=O)c4cccnc4)[C@@H]3C2)n1. The summed E-state index contributed by atoms with van der Waals surface area (Å²) in [4.78, 5) is 26.0. The molecule has 0 bridgehead atoms. The molecule has 2 aromatic heterocycles. The second-order valence-corrected chi connectivity index (χ2v) is 7.01. The predicted octanol–water partition coefficient (Wildman–Crippen LogP) is 1.90. The number of rotatable bonds is 3. The number of amides is 1. The van der Waals surface area contributed by atoms with Crippen LogP contribution in [0.4, 0.5) is 0 Å². The van der Waals surface area contributed by atoms with E-state index in [1.165, 1.54) is 0 Å². The lowest BCUT2D eigenvalue weighted by molar-refractivity contribution is -0.0915. The Bertz CT molecular complexity index is 767. The molecule has 26 heavy (non-hydrogen) atoms. The lowest BCUT2D eigenvalue weighted by Crippen LogP contribution is -2.61. The average molecular weight is 352 g/mol. The molecule has 6 heteroatoms. The zero-order valence-electron chi connectivity index (χ0n) is 15.0. The van der Waals surface area contributed by atoms with E-state index in [9.17, 15) is 4.79 Å². The number of nitrogens with zero attached hydrogens (tertiary/aromatic N) is 4. The minimum absolute atomic E-state index is 0.0481. The van der Waals surface area contributed by atoms with Crippen molar-refractivity contribution >= 4 is 5.91 Å². The Morgan fingerprint density at radius 1 is 1.27 bits per heavy atom. The van der Waals surface area contributed by atoms with E-state index >= 15 is 0 Å². The van der Waals surface area contributed by atoms with E-state index in [0.29, 0.717) is 18.7 Å². The van der Waals surface area contributed by atoms with Crippen LogP contribution in [0.1, 0.15) is 28.2 Å². The molecule has 6 nitrogen and oxygen atoms in total. The van der Waals surface area contributed by atoms with Crippen molar-refractivity contribution in [3.05, 3.63) is 59.7 Å². The van der Waals surface area contributed by atoms with Crippen LogP contribution < -0.4 is 0 Å². The highest BCUT2D eigenvalue weighted by atomic mass is 16.5. The molecule has 0 saturated carbocycles. The molecule has 2 fully saturated rings. The van der Waals surface area contributed by atoms with E-state index in [4.69, 9.17) is 4.74 Å². The van der Waals surface area contributed by atoms with Gasteiger partial charge in [-0.3, -0.25) is 19.7 Å². The van der Waals surface area contributed by atoms with Crippen molar-refractivity contribution in [3.63, 3.8) is 0 Å². The molecule has 0 spiro atoms. The van der Waals surface area contributed by atoms with Gasteiger partial charge in [0.1, 0.15) is 0 Å². The number of morpholine rings is 1. The second kappa shape index (κ2) is 7.51. The Balaban J connectivity index is 1.49. The van der Waals surface area contributed by atoms with E-state index < -0.39 is 0 Å². The summed E-state index contributed by atoms with van der Waals surface area (Å²) in [6.07, 6.45) is 4.39. The van der Waals surface area contributed by atoms with Crippen LogP contribution in [0.2, 0.25) is 0 Å². The number of hydrogen-bond donors (Lipinski definition) is 0. The fourth-order valence-corrected chi connectivity index (χ4v) is 3.91. The maximum absolute atomic E-state index is 13.0. The van der Waals surface area contributed by atoms with Crippen molar-refractivity contribution in [1.82, 2.24) is 19.8 Å². The smallest absolute Gasteiger partial charge is 0.255 e. The lowest BCUT2D eigenvalue weighted by Gasteiger charge is -2.47. The van der Waals surface area contributed by atoms with Crippen LogP contribution in [-0.2, 0) is 11.3 Å². The predicted molar refractivity (Wildman–Crippen MR) is 97.7 cm³/mol. The fraction of sp³-hybridized carbons (Fsp3) is 0.450. The minimum Gasteiger partial charge on any atom is -0.374 e. The standard InChI is InChI=1S/C20H24N4O2/c1-15-4-2-6-17(22-15)13-23-9-7-19-18(14-23)24(10-11-26-19)20(25)16-5-3-8-21-12-16/h2-6,8,12,18-19H,7,9-11,13-14H2,1H3/t18-,19-/m1/s1. The van der Waals surface area contributed by atoms with Crippen LogP contribution in [0.5, 0.6) is 0 Å². The number of piperidine rings is 1. The molecule has 2 aliphatic rings. The van der Waals surface area contributed by atoms with Crippen molar-refractivity contribution < 1.29 is 9.53 Å². The van der Waals surface area contributed by atoms with Gasteiger partial charge >= 0.3 is 0 Å². The first kappa shape index (κ1) is 17.1. The van der Waals surface area contributed by atoms with E-state index in [0.717, 1.165) is 37.4 Å². The van der Waals surface area contributed by atoms with Crippen molar-refractivity contribution in [3.8, 4) is 0 Å². The van der Waals surface area contributed by atoms with Gasteiger partial charge in [-0.15, -0.1) is 0 Å². The quantitative estimate of drug-likeness (QED) is 0.844. The van der Waals surface area contributed by atoms with Gasteiger partial charge in [-0.2, -0.15) is 0 Å². The Morgan fingerprint density at radius 2 is 2.19 bits per heavy atom. The van der Waals surface area contributed by atoms with Crippen molar-refractivity contribution in [1.29, 1.82) is 0 Å². The first-order valence-corrected chi connectivity index (χ1v) is 9.18. The summed E-state index contributed by atoms with van der Waals surface area (Å²) in [5, 5.41) is 0. The maximum atomic E-state index is 13.0. The van der Waals surface area contributed by atoms with Gasteiger partial charge in [0, 0.05) is 44.3 Å². The summed E-state index contributed by atoms with van der Waals surface area (Å²) >= 11 is 0. The number of fused-ring (bicyclic) bond motifs is 1. The molecule has 2 atom stereocenters. The first-order valence-electron chi connectivity index (χ1n) is 9.18. The average Bonchev–Trinajstić information content (AvgIpc) is 2.68. The molecule has 136 valence electrons. The highest BCUT2D eigenvalue weighted by Crippen LogP contribution is 2.25. The van der Waals surface area contributed by atoms with Gasteiger partial charge in [-0.25, -0.2) is 0 Å². The van der Waals surface area contributed by atoms with E-state index in [1.807, 2.05) is 36.1 Å². The Labute approximate surface area is 153 Å². The van der Waals surface area contributed by atoms with Crippen molar-refractivity contribution in [2.45, 2.75) is 32.0 Å². The molecule has 0 unspecified atom stereocenters. The van der Waals surface area contributed by atoms with E-state index in [1.54, 1.807) is 12.4 Å². The molecule has 1 amide bonds. The molecule has 0 aliphatic carbocycles. The summed E-state index contributed by atoms with van der Waals surface area (Å²) in [6.45, 7) is 5.83. The van der Waals surface area contributed by atoms with Crippen LogP contribution >= 0.6 is 0 Å². The minimum atomic E-state index is 0.0481. The molecular formula is C20H24N4O2. The summed E-state index contributed by atoms with van der Waals surface area (Å²) in [5.41, 5.74) is 2.75. The molecule has 4 heterocycles. The molecule has 4 rings (SSSR count). The summed E-state index contributed by atoms with van der Waals surface area (Å²) in [6, 6.07) is 9.84. The van der Waals surface area contributed by atoms with Crippen LogP contribution in [-0.4, -0.2) is 64.1 Å². The second-order valence-electron chi connectivity index (χ2n) is 7.01. The lowest BCUT2D eigenvalue weighted by atomic mass is 9.97. The molecule has 2 saturated heterocycles. The van der Waals surface area contributed by atoms with Gasteiger partial charge in [0.15, 0.2) is 0 Å². The van der Waals surface area contributed by atoms with E-state index in [2.05, 4.69) is 20.9 Å². The van der Waals surface area contributed by atoms with Gasteiger partial charge < -0.3 is 9.64 Å². The summed E-state index contributed by atoms with van der Waals surface area (Å²) < 4.78 is 5.96. The molecule has 2 aliphatic heterocycles. The number of pyridine rings is 2. The highest BCUT2D eigenvalue weighted by Gasteiger charge is 2.39. The zero-order chi connectivity index (χ0) is 17.9. The zero-order valence-corrected chi connectivity index (χ0v) is 15.0. The number of carbonyl (C=O) groups excluding carboxylic acids is 1. The largest absolute Gasteiger partial charge is 0.374 e. The number of aryl methyl sites for hydroxylation is 1. The Hall–Kier alpha value is -2.31. The monoisotopic (exact) mass is 352 g/mol. The van der Waals surface area contributed by atoms with Gasteiger partial charge in [0.05, 0.1) is 30.0 Å². The summed E-state index contributed by atoms with van der Waals surface area (Å²) in [7, 11) is 0. The third-order valence-corrected chi connectivity index (χ3v) is 5.17. The number of ether oxygens (including phenoxy) is 1. The van der Waals surface area contributed by atoms with E-state index in [-0.39, 0.29) is 18.1 Å². The third-order valence-electron chi connectivity index (χ3n) is 5.17. The normalized spacial score (nSPS) is 23.5. The van der Waals surface area contributed by atoms with Crippen LogP contribution in [0.15, 0.2) is 42.7 Å². The highest BCUT2D eigenvalue weighted by molar-refractivity contribution is 5.94. The van der Waals surface area contributed by atoms with Gasteiger partial charge in [0.25, 0.3) is 5.91 Å². The first-order chi connectivity index (χ1) is 12.7. The van der Waals surface area contributed by atoms with Gasteiger partial charge in [-0.05, 0) is 37.6 Å². The number of likely N-dealkylation sites (tertiary alicyclic amines) is 1. The van der Waals surface area contributed by atoms with Crippen LogP contribution in [0.25, 0.3) is 0 Å². The van der Waals surface area contributed by atoms with Crippen molar-refractivity contribution in [2.75, 3.05) is 26.2 Å². The molecule has 0 radical (unpaired) electrons. The number of hydrogen-bond acceptors (Lipinski definition) is 5. The molecule has 2 aromatic rings. The summed E-state index contributed by atoms with van der Waals surface area (Å²) in [5.74, 6) is 0.0481. The molecule has 0 aromatic carbocycles. The topological polar surface area (TPSA) is 58.6 Å². The maximum Gasteiger partial charge on any atom is 0.255 e. The fourth-order valence-electron chi connectivity index (χ4n) is 3.91. The number of aromatic nitrogens is 2. The Kier molecular flexibility index (Phi) is 4.95.